The summed E-state index contributed by atoms with van der Waals surface area (Å²) in [4.78, 5) is 24.4. The van der Waals surface area contributed by atoms with E-state index in [0.717, 1.165) is 5.69 Å². The maximum atomic E-state index is 12.2. The number of nitrogens with zero attached hydrogens (tertiary/aromatic N) is 3. The monoisotopic (exact) mass is 285 g/mol. The van der Waals surface area contributed by atoms with Gasteiger partial charge < -0.3 is 5.11 Å². The number of amides is 1. The van der Waals surface area contributed by atoms with E-state index in [1.807, 2.05) is 0 Å². The fourth-order valence-corrected chi connectivity index (χ4v) is 1.83. The van der Waals surface area contributed by atoms with Crippen molar-refractivity contribution in [2.45, 2.75) is 0 Å². The first kappa shape index (κ1) is 14.5. The molecule has 21 heavy (non-hydrogen) atoms. The van der Waals surface area contributed by atoms with E-state index < -0.39 is 18.4 Å². The smallest absolute Gasteiger partial charge is 0.323 e. The van der Waals surface area contributed by atoms with Gasteiger partial charge in [-0.15, -0.1) is 0 Å². The summed E-state index contributed by atoms with van der Waals surface area (Å²) in [6.07, 6.45) is 4.57. The lowest BCUT2D eigenvalue weighted by molar-refractivity contribution is -0.136. The molecule has 0 fully saturated rings. The van der Waals surface area contributed by atoms with Gasteiger partial charge in [-0.1, -0.05) is 18.2 Å². The molecule has 1 aromatic heterocycles. The molecule has 0 aliphatic carbocycles. The van der Waals surface area contributed by atoms with E-state index in [2.05, 4.69) is 5.10 Å². The third-order valence-electron chi connectivity index (χ3n) is 2.88. The number of para-hydroxylation sites is 1. The molecule has 1 amide bonds. The number of aromatic nitrogens is 2. The van der Waals surface area contributed by atoms with E-state index in [1.54, 1.807) is 60.4 Å². The first-order valence-corrected chi connectivity index (χ1v) is 6.32. The van der Waals surface area contributed by atoms with Gasteiger partial charge in [0.1, 0.15) is 6.54 Å². The molecule has 1 N–H and O–H groups in total. The topological polar surface area (TPSA) is 75.4 Å². The highest BCUT2D eigenvalue weighted by atomic mass is 16.4. The number of carboxylic acid groups (broad SMARTS) is 1. The molecular formula is C15H15N3O3. The van der Waals surface area contributed by atoms with Crippen LogP contribution in [-0.2, 0) is 16.6 Å². The second-order valence-corrected chi connectivity index (χ2v) is 4.37. The van der Waals surface area contributed by atoms with Crippen LogP contribution in [0.2, 0.25) is 0 Å². The Morgan fingerprint density at radius 3 is 2.57 bits per heavy atom. The van der Waals surface area contributed by atoms with Crippen LogP contribution in [0, 0.1) is 0 Å². The minimum Gasteiger partial charge on any atom is -0.480 e. The summed E-state index contributed by atoms with van der Waals surface area (Å²) in [5.74, 6) is -1.47. The van der Waals surface area contributed by atoms with Crippen molar-refractivity contribution in [3.63, 3.8) is 0 Å². The summed E-state index contributed by atoms with van der Waals surface area (Å²) in [7, 11) is 1.76. The van der Waals surface area contributed by atoms with Crippen molar-refractivity contribution in [1.29, 1.82) is 0 Å². The summed E-state index contributed by atoms with van der Waals surface area (Å²) < 4.78 is 1.62. The highest BCUT2D eigenvalue weighted by Crippen LogP contribution is 2.14. The van der Waals surface area contributed by atoms with Gasteiger partial charge in [-0.25, -0.2) is 0 Å². The molecule has 2 rings (SSSR count). The Bertz CT molecular complexity index is 662. The van der Waals surface area contributed by atoms with Crippen molar-refractivity contribution in [3.05, 3.63) is 54.4 Å². The Hall–Kier alpha value is -2.89. The molecule has 0 saturated heterocycles. The maximum absolute atomic E-state index is 12.2. The molecular weight excluding hydrogens is 270 g/mol. The Kier molecular flexibility index (Phi) is 4.50. The van der Waals surface area contributed by atoms with Crippen LogP contribution in [0.3, 0.4) is 0 Å². The molecule has 0 atom stereocenters. The fourth-order valence-electron chi connectivity index (χ4n) is 1.83. The zero-order valence-electron chi connectivity index (χ0n) is 11.5. The summed E-state index contributed by atoms with van der Waals surface area (Å²) >= 11 is 0. The fraction of sp³-hybridized carbons (Fsp3) is 0.133. The Morgan fingerprint density at radius 2 is 2.00 bits per heavy atom. The maximum Gasteiger partial charge on any atom is 0.323 e. The lowest BCUT2D eigenvalue weighted by atomic mass is 10.2. The van der Waals surface area contributed by atoms with Crippen molar-refractivity contribution in [2.75, 3.05) is 11.4 Å². The Balaban J connectivity index is 2.21. The molecule has 1 heterocycles. The number of benzene rings is 1. The van der Waals surface area contributed by atoms with E-state index in [9.17, 15) is 9.59 Å². The summed E-state index contributed by atoms with van der Waals surface area (Å²) in [5.41, 5.74) is 1.30. The van der Waals surface area contributed by atoms with Gasteiger partial charge in [-0.05, 0) is 24.3 Å². The first-order chi connectivity index (χ1) is 10.1. The number of carbonyl (C=O) groups excluding carboxylic acids is 1. The lowest BCUT2D eigenvalue weighted by Crippen LogP contribution is -2.34. The van der Waals surface area contributed by atoms with Gasteiger partial charge in [0, 0.05) is 25.0 Å². The van der Waals surface area contributed by atoms with Gasteiger partial charge in [0.15, 0.2) is 0 Å². The number of hydrogen-bond donors (Lipinski definition) is 1. The third kappa shape index (κ3) is 3.79. The predicted molar refractivity (Wildman–Crippen MR) is 78.7 cm³/mol. The van der Waals surface area contributed by atoms with Gasteiger partial charge in [0.05, 0.1) is 5.69 Å². The van der Waals surface area contributed by atoms with E-state index in [-0.39, 0.29) is 0 Å². The van der Waals surface area contributed by atoms with Gasteiger partial charge >= 0.3 is 5.97 Å². The largest absolute Gasteiger partial charge is 0.480 e. The highest BCUT2D eigenvalue weighted by Gasteiger charge is 2.16. The Labute approximate surface area is 121 Å². The number of hydrogen-bond acceptors (Lipinski definition) is 3. The van der Waals surface area contributed by atoms with Crippen LogP contribution < -0.4 is 4.90 Å². The SMILES string of the molecule is Cn1nccc1/C=C/C(=O)N(CC(=O)O)c1ccccc1. The first-order valence-electron chi connectivity index (χ1n) is 6.32. The van der Waals surface area contributed by atoms with Gasteiger partial charge in [-0.2, -0.15) is 5.10 Å². The van der Waals surface area contributed by atoms with Crippen molar-refractivity contribution in [3.8, 4) is 0 Å². The predicted octanol–water partition coefficient (Wildman–Crippen LogP) is 1.55. The number of carboxylic acids is 1. The molecule has 0 aliphatic rings. The van der Waals surface area contributed by atoms with Gasteiger partial charge in [0.25, 0.3) is 5.91 Å². The van der Waals surface area contributed by atoms with Crippen LogP contribution >= 0.6 is 0 Å². The number of carbonyl (C=O) groups is 2. The average molecular weight is 285 g/mol. The molecule has 108 valence electrons. The van der Waals surface area contributed by atoms with E-state index in [0.29, 0.717) is 5.69 Å². The van der Waals surface area contributed by atoms with Crippen molar-refractivity contribution >= 4 is 23.6 Å². The second-order valence-electron chi connectivity index (χ2n) is 4.37. The van der Waals surface area contributed by atoms with Crippen LogP contribution in [0.4, 0.5) is 5.69 Å². The summed E-state index contributed by atoms with van der Waals surface area (Å²) in [6.45, 7) is -0.390. The van der Waals surface area contributed by atoms with Crippen LogP contribution in [0.5, 0.6) is 0 Å². The minimum atomic E-state index is -1.07. The molecule has 2 aromatic rings. The van der Waals surface area contributed by atoms with E-state index in [1.165, 1.54) is 11.0 Å². The normalized spacial score (nSPS) is 10.7. The van der Waals surface area contributed by atoms with E-state index in [4.69, 9.17) is 5.11 Å². The molecule has 0 radical (unpaired) electrons. The molecule has 0 aliphatic heterocycles. The van der Waals surface area contributed by atoms with Crippen LogP contribution in [0.1, 0.15) is 5.69 Å². The Morgan fingerprint density at radius 1 is 1.29 bits per heavy atom. The van der Waals surface area contributed by atoms with Gasteiger partial charge in [0.2, 0.25) is 0 Å². The minimum absolute atomic E-state index is 0.390. The number of rotatable bonds is 5. The van der Waals surface area contributed by atoms with Gasteiger partial charge in [-0.3, -0.25) is 19.2 Å². The number of anilines is 1. The highest BCUT2D eigenvalue weighted by molar-refractivity contribution is 6.06. The van der Waals surface area contributed by atoms with Crippen molar-refractivity contribution in [2.24, 2.45) is 7.05 Å². The quantitative estimate of drug-likeness (QED) is 0.846. The zero-order chi connectivity index (χ0) is 15.2. The number of aryl methyl sites for hydroxylation is 1. The zero-order valence-corrected chi connectivity index (χ0v) is 11.5. The van der Waals surface area contributed by atoms with Crippen molar-refractivity contribution in [1.82, 2.24) is 9.78 Å². The lowest BCUT2D eigenvalue weighted by Gasteiger charge is -2.18. The molecule has 0 unspecified atom stereocenters. The summed E-state index contributed by atoms with van der Waals surface area (Å²) in [6, 6.07) is 10.5. The van der Waals surface area contributed by atoms with E-state index >= 15 is 0 Å². The number of aliphatic carboxylic acids is 1. The third-order valence-corrected chi connectivity index (χ3v) is 2.88. The molecule has 0 spiro atoms. The standard InChI is InChI=1S/C15H15N3O3/c1-17-12(9-10-16-17)7-8-14(19)18(11-15(20)21)13-5-3-2-4-6-13/h2-10H,11H2,1H3,(H,20,21)/b8-7+. The summed E-state index contributed by atoms with van der Waals surface area (Å²) in [5, 5.41) is 13.0. The molecule has 0 saturated carbocycles. The van der Waals surface area contributed by atoms with Crippen molar-refractivity contribution < 1.29 is 14.7 Å². The van der Waals surface area contributed by atoms with Crippen LogP contribution in [-0.4, -0.2) is 33.3 Å². The van der Waals surface area contributed by atoms with Crippen LogP contribution in [0.15, 0.2) is 48.7 Å². The molecule has 6 nitrogen and oxygen atoms in total. The molecule has 6 heteroatoms. The molecule has 0 bridgehead atoms. The average Bonchev–Trinajstić information content (AvgIpc) is 2.88. The second kappa shape index (κ2) is 6.51. The molecule has 1 aromatic carbocycles. The van der Waals surface area contributed by atoms with Crippen LogP contribution in [0.25, 0.3) is 6.08 Å².